The summed E-state index contributed by atoms with van der Waals surface area (Å²) in [5.41, 5.74) is 2.04. The smallest absolute Gasteiger partial charge is 0.255 e. The van der Waals surface area contributed by atoms with Gasteiger partial charge in [-0.2, -0.15) is 10.1 Å². The second-order valence-corrected chi connectivity index (χ2v) is 4.87. The van der Waals surface area contributed by atoms with Crippen LogP contribution in [0.2, 0.25) is 5.02 Å². The van der Waals surface area contributed by atoms with E-state index in [9.17, 15) is 4.79 Å². The first-order chi connectivity index (χ1) is 9.63. The molecule has 1 aliphatic rings. The van der Waals surface area contributed by atoms with Crippen LogP contribution in [0.25, 0.3) is 0 Å². The molecule has 1 amide bonds. The zero-order chi connectivity index (χ0) is 14.1. The van der Waals surface area contributed by atoms with Gasteiger partial charge in [0.05, 0.1) is 12.1 Å². The normalized spacial score (nSPS) is 13.7. The highest BCUT2D eigenvalue weighted by molar-refractivity contribution is 6.30. The molecular formula is C13H12ClN5O. The summed E-state index contributed by atoms with van der Waals surface area (Å²) in [5.74, 6) is 0.459. The standard InChI is InChI=1S/C13H12ClN5O/c1-8-11(6-19-13(17-8)15-7-16-19)12(20)18-10-4-2-3-9(14)5-10/h2-5,7H,6H2,1H3,(H,18,20)(H,15,16,17). The molecule has 6 nitrogen and oxygen atoms in total. The number of halogens is 1. The van der Waals surface area contributed by atoms with E-state index >= 15 is 0 Å². The summed E-state index contributed by atoms with van der Waals surface area (Å²) < 4.78 is 1.64. The van der Waals surface area contributed by atoms with Crippen LogP contribution in [0, 0.1) is 0 Å². The topological polar surface area (TPSA) is 71.8 Å². The maximum atomic E-state index is 12.3. The van der Waals surface area contributed by atoms with Crippen molar-refractivity contribution in [1.82, 2.24) is 14.8 Å². The number of benzene rings is 1. The molecule has 20 heavy (non-hydrogen) atoms. The van der Waals surface area contributed by atoms with Crippen LogP contribution in [0.4, 0.5) is 11.6 Å². The number of anilines is 2. The molecule has 102 valence electrons. The molecule has 2 heterocycles. The zero-order valence-electron chi connectivity index (χ0n) is 10.7. The van der Waals surface area contributed by atoms with Gasteiger partial charge >= 0.3 is 0 Å². The zero-order valence-corrected chi connectivity index (χ0v) is 11.5. The maximum absolute atomic E-state index is 12.3. The second kappa shape index (κ2) is 4.97. The molecule has 1 aliphatic heterocycles. The van der Waals surface area contributed by atoms with Crippen LogP contribution >= 0.6 is 11.6 Å². The Bertz CT molecular complexity index is 706. The Kier molecular flexibility index (Phi) is 3.15. The van der Waals surface area contributed by atoms with E-state index in [0.717, 1.165) is 5.70 Å². The highest BCUT2D eigenvalue weighted by atomic mass is 35.5. The fourth-order valence-corrected chi connectivity index (χ4v) is 2.19. The summed E-state index contributed by atoms with van der Waals surface area (Å²) in [6.07, 6.45) is 1.45. The van der Waals surface area contributed by atoms with Crippen molar-refractivity contribution in [2.75, 3.05) is 10.6 Å². The van der Waals surface area contributed by atoms with Crippen molar-refractivity contribution in [2.45, 2.75) is 13.5 Å². The van der Waals surface area contributed by atoms with Gasteiger partial charge < -0.3 is 10.6 Å². The van der Waals surface area contributed by atoms with E-state index < -0.39 is 0 Å². The Morgan fingerprint density at radius 3 is 3.15 bits per heavy atom. The largest absolute Gasteiger partial charge is 0.328 e. The third-order valence-electron chi connectivity index (χ3n) is 3.03. The maximum Gasteiger partial charge on any atom is 0.255 e. The van der Waals surface area contributed by atoms with E-state index in [2.05, 4.69) is 20.7 Å². The van der Waals surface area contributed by atoms with Gasteiger partial charge in [0.15, 0.2) is 0 Å². The van der Waals surface area contributed by atoms with Crippen molar-refractivity contribution >= 4 is 29.1 Å². The summed E-state index contributed by atoms with van der Waals surface area (Å²) in [6.45, 7) is 2.23. The first kappa shape index (κ1) is 12.7. The fraction of sp³-hybridized carbons (Fsp3) is 0.154. The molecule has 1 aromatic heterocycles. The number of hydrogen-bond donors (Lipinski definition) is 2. The molecule has 0 fully saturated rings. The molecule has 7 heteroatoms. The lowest BCUT2D eigenvalue weighted by Gasteiger charge is -2.19. The van der Waals surface area contributed by atoms with Gasteiger partial charge in [-0.3, -0.25) is 4.79 Å². The molecule has 0 saturated heterocycles. The minimum Gasteiger partial charge on any atom is -0.328 e. The summed E-state index contributed by atoms with van der Waals surface area (Å²) in [5, 5.41) is 10.5. The number of carbonyl (C=O) groups excluding carboxylic acids is 1. The van der Waals surface area contributed by atoms with Gasteiger partial charge in [-0.05, 0) is 25.1 Å². The van der Waals surface area contributed by atoms with Gasteiger partial charge in [0, 0.05) is 16.4 Å². The second-order valence-electron chi connectivity index (χ2n) is 4.43. The molecule has 0 aliphatic carbocycles. The fourth-order valence-electron chi connectivity index (χ4n) is 2.00. The Labute approximate surface area is 120 Å². The predicted octanol–water partition coefficient (Wildman–Crippen LogP) is 2.27. The minimum absolute atomic E-state index is 0.182. The van der Waals surface area contributed by atoms with Crippen molar-refractivity contribution < 1.29 is 4.79 Å². The number of fused-ring (bicyclic) bond motifs is 1. The van der Waals surface area contributed by atoms with Gasteiger partial charge in [-0.15, -0.1) is 0 Å². The molecule has 1 aromatic carbocycles. The Morgan fingerprint density at radius 2 is 2.35 bits per heavy atom. The quantitative estimate of drug-likeness (QED) is 0.889. The Balaban J connectivity index is 1.80. The van der Waals surface area contributed by atoms with Crippen molar-refractivity contribution in [2.24, 2.45) is 0 Å². The van der Waals surface area contributed by atoms with Gasteiger partial charge in [-0.25, -0.2) is 4.68 Å². The number of nitrogens with one attached hydrogen (secondary N) is 2. The van der Waals surface area contributed by atoms with Crippen LogP contribution in [0.1, 0.15) is 6.92 Å². The lowest BCUT2D eigenvalue weighted by molar-refractivity contribution is -0.113. The molecule has 0 spiro atoms. The SMILES string of the molecule is CC1=C(C(=O)Nc2cccc(Cl)c2)Cn2ncnc2N1. The molecule has 0 atom stereocenters. The first-order valence-electron chi connectivity index (χ1n) is 6.05. The predicted molar refractivity (Wildman–Crippen MR) is 76.4 cm³/mol. The molecule has 2 N–H and O–H groups in total. The molecule has 0 unspecified atom stereocenters. The summed E-state index contributed by atoms with van der Waals surface area (Å²) in [6, 6.07) is 7.03. The van der Waals surface area contributed by atoms with E-state index in [-0.39, 0.29) is 5.91 Å². The average molecular weight is 290 g/mol. The average Bonchev–Trinajstić information content (AvgIpc) is 2.84. The van der Waals surface area contributed by atoms with Crippen LogP contribution in [0.3, 0.4) is 0 Å². The number of carbonyl (C=O) groups is 1. The summed E-state index contributed by atoms with van der Waals surface area (Å²) >= 11 is 5.90. The molecule has 0 saturated carbocycles. The van der Waals surface area contributed by atoms with Crippen molar-refractivity contribution in [3.05, 3.63) is 46.9 Å². The number of amides is 1. The highest BCUT2D eigenvalue weighted by Gasteiger charge is 2.21. The van der Waals surface area contributed by atoms with E-state index in [0.29, 0.717) is 28.8 Å². The van der Waals surface area contributed by atoms with Crippen molar-refractivity contribution in [1.29, 1.82) is 0 Å². The molecule has 0 bridgehead atoms. The van der Waals surface area contributed by atoms with Gasteiger partial charge in [0.2, 0.25) is 5.95 Å². The number of nitrogens with zero attached hydrogens (tertiary/aromatic N) is 3. The molecular weight excluding hydrogens is 278 g/mol. The molecule has 2 aromatic rings. The third kappa shape index (κ3) is 2.37. The monoisotopic (exact) mass is 289 g/mol. The van der Waals surface area contributed by atoms with Gasteiger partial charge in [-0.1, -0.05) is 17.7 Å². The van der Waals surface area contributed by atoms with E-state index in [4.69, 9.17) is 11.6 Å². The minimum atomic E-state index is -0.182. The third-order valence-corrected chi connectivity index (χ3v) is 3.27. The van der Waals surface area contributed by atoms with Gasteiger partial charge in [0.25, 0.3) is 5.91 Å². The molecule has 3 rings (SSSR count). The van der Waals surface area contributed by atoms with Crippen LogP contribution in [0.5, 0.6) is 0 Å². The van der Waals surface area contributed by atoms with Crippen LogP contribution in [-0.4, -0.2) is 20.7 Å². The number of rotatable bonds is 2. The summed E-state index contributed by atoms with van der Waals surface area (Å²) in [4.78, 5) is 16.4. The Morgan fingerprint density at radius 1 is 1.50 bits per heavy atom. The van der Waals surface area contributed by atoms with Crippen LogP contribution < -0.4 is 10.6 Å². The van der Waals surface area contributed by atoms with Crippen molar-refractivity contribution in [3.63, 3.8) is 0 Å². The lowest BCUT2D eigenvalue weighted by atomic mass is 10.1. The van der Waals surface area contributed by atoms with E-state index in [1.807, 2.05) is 6.92 Å². The number of aromatic nitrogens is 3. The van der Waals surface area contributed by atoms with Crippen LogP contribution in [0.15, 0.2) is 41.9 Å². The van der Waals surface area contributed by atoms with Crippen molar-refractivity contribution in [3.8, 4) is 0 Å². The van der Waals surface area contributed by atoms with Crippen LogP contribution in [-0.2, 0) is 11.3 Å². The Hall–Kier alpha value is -2.34. The highest BCUT2D eigenvalue weighted by Crippen LogP contribution is 2.21. The van der Waals surface area contributed by atoms with Gasteiger partial charge in [0.1, 0.15) is 6.33 Å². The number of allylic oxidation sites excluding steroid dienone is 1. The summed E-state index contributed by atoms with van der Waals surface area (Å²) in [7, 11) is 0. The first-order valence-corrected chi connectivity index (χ1v) is 6.43. The molecule has 0 radical (unpaired) electrons. The number of hydrogen-bond acceptors (Lipinski definition) is 4. The van der Waals surface area contributed by atoms with E-state index in [1.54, 1.807) is 28.9 Å². The van der Waals surface area contributed by atoms with E-state index in [1.165, 1.54) is 6.33 Å². The lowest BCUT2D eigenvalue weighted by Crippen LogP contribution is -2.26.